The van der Waals surface area contributed by atoms with Gasteiger partial charge in [-0.15, -0.1) is 0 Å². The summed E-state index contributed by atoms with van der Waals surface area (Å²) in [4.78, 5) is 18.3. The number of aliphatic imine (C=N–C) groups is 1. The monoisotopic (exact) mass is 295 g/mol. The van der Waals surface area contributed by atoms with Crippen molar-refractivity contribution in [2.24, 2.45) is 4.99 Å². The molecule has 0 spiro atoms. The quantitative estimate of drug-likeness (QED) is 0.797. The van der Waals surface area contributed by atoms with Gasteiger partial charge in [0.25, 0.3) is 0 Å². The fourth-order valence-electron chi connectivity index (χ4n) is 3.19. The number of carbonyl (C=O) groups is 1. The van der Waals surface area contributed by atoms with Crippen molar-refractivity contribution in [3.63, 3.8) is 0 Å². The Morgan fingerprint density at radius 2 is 2.24 bits per heavy atom. The fraction of sp³-hybridized carbons (Fsp3) is 0.867. The lowest BCUT2D eigenvalue weighted by molar-refractivity contribution is 0.0276. The highest BCUT2D eigenvalue weighted by Crippen LogP contribution is 2.34. The Kier molecular flexibility index (Phi) is 3.82. The van der Waals surface area contributed by atoms with Gasteiger partial charge in [-0.25, -0.2) is 4.79 Å². The molecule has 6 heteroatoms. The molecule has 2 bridgehead atoms. The molecule has 6 nitrogen and oxygen atoms in total. The summed E-state index contributed by atoms with van der Waals surface area (Å²) in [6, 6.07) is 0.348. The summed E-state index contributed by atoms with van der Waals surface area (Å²) in [5, 5.41) is 3.47. The van der Waals surface area contributed by atoms with Crippen molar-refractivity contribution < 1.29 is 14.3 Å². The molecule has 3 aliphatic heterocycles. The molecule has 0 aromatic carbocycles. The van der Waals surface area contributed by atoms with E-state index >= 15 is 0 Å². The van der Waals surface area contributed by atoms with Crippen LogP contribution in [0.15, 0.2) is 4.99 Å². The standard InChI is InChI=1S/C15H25N3O3/c1-15(2,3)21-14(19)18-7-6-16-13(9-18)17-11-8-10-4-5-12(11)20-10/h10-12H,4-9H2,1-3H3,(H,16,17). The number of nitrogens with zero attached hydrogens (tertiary/aromatic N) is 2. The molecule has 3 aliphatic rings. The van der Waals surface area contributed by atoms with Crippen molar-refractivity contribution in [3.8, 4) is 0 Å². The minimum atomic E-state index is -0.461. The summed E-state index contributed by atoms with van der Waals surface area (Å²) >= 11 is 0. The summed E-state index contributed by atoms with van der Waals surface area (Å²) in [5.41, 5.74) is -0.461. The van der Waals surface area contributed by atoms with Crippen molar-refractivity contribution in [2.45, 2.75) is 63.9 Å². The molecule has 0 aliphatic carbocycles. The molecule has 3 atom stereocenters. The number of amidine groups is 1. The van der Waals surface area contributed by atoms with E-state index in [1.54, 1.807) is 4.90 Å². The number of carbonyl (C=O) groups excluding carboxylic acids is 1. The largest absolute Gasteiger partial charge is 0.444 e. The number of ether oxygens (including phenoxy) is 2. The van der Waals surface area contributed by atoms with Crippen molar-refractivity contribution in [2.75, 3.05) is 19.6 Å². The van der Waals surface area contributed by atoms with Crippen LogP contribution in [-0.2, 0) is 9.47 Å². The van der Waals surface area contributed by atoms with Gasteiger partial charge in [-0.2, -0.15) is 0 Å². The van der Waals surface area contributed by atoms with Crippen LogP contribution in [0.2, 0.25) is 0 Å². The first-order valence-corrected chi connectivity index (χ1v) is 7.84. The van der Waals surface area contributed by atoms with Gasteiger partial charge in [0.1, 0.15) is 11.4 Å². The Hall–Kier alpha value is -1.30. The number of nitrogens with one attached hydrogen (secondary N) is 1. The number of rotatable bonds is 1. The van der Waals surface area contributed by atoms with Crippen LogP contribution in [0.25, 0.3) is 0 Å². The van der Waals surface area contributed by atoms with Crippen LogP contribution < -0.4 is 5.32 Å². The lowest BCUT2D eigenvalue weighted by Gasteiger charge is -2.31. The number of fused-ring (bicyclic) bond motifs is 2. The summed E-state index contributed by atoms with van der Waals surface area (Å²) in [5.74, 6) is 0.883. The maximum absolute atomic E-state index is 12.1. The van der Waals surface area contributed by atoms with Crippen LogP contribution in [0.1, 0.15) is 40.0 Å². The Morgan fingerprint density at radius 1 is 1.43 bits per heavy atom. The van der Waals surface area contributed by atoms with Gasteiger partial charge in [0, 0.05) is 6.54 Å². The molecule has 2 fully saturated rings. The molecular formula is C15H25N3O3. The molecule has 3 unspecified atom stereocenters. The normalized spacial score (nSPS) is 32.0. The van der Waals surface area contributed by atoms with E-state index in [1.165, 1.54) is 6.42 Å². The van der Waals surface area contributed by atoms with Crippen LogP contribution in [0, 0.1) is 0 Å². The second kappa shape index (κ2) is 5.48. The van der Waals surface area contributed by atoms with Gasteiger partial charge in [-0.05, 0) is 40.0 Å². The van der Waals surface area contributed by atoms with Crippen molar-refractivity contribution in [3.05, 3.63) is 0 Å². The third-order valence-electron chi connectivity index (χ3n) is 4.12. The molecule has 3 rings (SSSR count). The van der Waals surface area contributed by atoms with Crippen LogP contribution >= 0.6 is 0 Å². The van der Waals surface area contributed by atoms with Crippen LogP contribution in [0.5, 0.6) is 0 Å². The van der Waals surface area contributed by atoms with E-state index in [9.17, 15) is 4.79 Å². The second-order valence-corrected chi connectivity index (χ2v) is 7.09. The average Bonchev–Trinajstić information content (AvgIpc) is 2.99. The predicted molar refractivity (Wildman–Crippen MR) is 79.5 cm³/mol. The van der Waals surface area contributed by atoms with Gasteiger partial charge < -0.3 is 14.8 Å². The molecule has 118 valence electrons. The van der Waals surface area contributed by atoms with Crippen LogP contribution in [-0.4, -0.2) is 60.3 Å². The fourth-order valence-corrected chi connectivity index (χ4v) is 3.19. The van der Waals surface area contributed by atoms with Crippen LogP contribution in [0.4, 0.5) is 4.79 Å². The average molecular weight is 295 g/mol. The van der Waals surface area contributed by atoms with E-state index in [-0.39, 0.29) is 6.09 Å². The minimum Gasteiger partial charge on any atom is -0.444 e. The van der Waals surface area contributed by atoms with Gasteiger partial charge in [-0.3, -0.25) is 9.89 Å². The van der Waals surface area contributed by atoms with E-state index in [1.807, 2.05) is 20.8 Å². The molecule has 0 saturated carbocycles. The molecule has 1 amide bonds. The first-order valence-electron chi connectivity index (χ1n) is 7.84. The van der Waals surface area contributed by atoms with Gasteiger partial charge in [-0.1, -0.05) is 0 Å². The van der Waals surface area contributed by atoms with Gasteiger partial charge in [0.05, 0.1) is 31.3 Å². The third kappa shape index (κ3) is 3.48. The Balaban J connectivity index is 1.53. The Labute approximate surface area is 125 Å². The highest BCUT2D eigenvalue weighted by atomic mass is 16.6. The zero-order valence-electron chi connectivity index (χ0n) is 13.1. The van der Waals surface area contributed by atoms with Crippen LogP contribution in [0.3, 0.4) is 0 Å². The smallest absolute Gasteiger partial charge is 0.410 e. The summed E-state index contributed by atoms with van der Waals surface area (Å²) in [7, 11) is 0. The molecule has 2 saturated heterocycles. The topological polar surface area (TPSA) is 63.2 Å². The molecule has 0 aromatic rings. The van der Waals surface area contributed by atoms with E-state index in [0.29, 0.717) is 37.9 Å². The zero-order valence-corrected chi connectivity index (χ0v) is 13.1. The lowest BCUT2D eigenvalue weighted by Crippen LogP contribution is -2.51. The third-order valence-corrected chi connectivity index (χ3v) is 4.12. The predicted octanol–water partition coefficient (Wildman–Crippen LogP) is 1.55. The van der Waals surface area contributed by atoms with Crippen molar-refractivity contribution in [1.82, 2.24) is 10.2 Å². The van der Waals surface area contributed by atoms with Gasteiger partial charge in [0.15, 0.2) is 0 Å². The SMILES string of the molecule is CC(C)(C)OC(=O)N1CCN=C(NC2CC3CCC2O3)C1. The number of hydrogen-bond acceptors (Lipinski definition) is 5. The minimum absolute atomic E-state index is 0.263. The maximum Gasteiger partial charge on any atom is 0.410 e. The van der Waals surface area contributed by atoms with Crippen molar-refractivity contribution in [1.29, 1.82) is 0 Å². The van der Waals surface area contributed by atoms with E-state index in [2.05, 4.69) is 10.3 Å². The first-order chi connectivity index (χ1) is 9.90. The number of amides is 1. The molecular weight excluding hydrogens is 270 g/mol. The second-order valence-electron chi connectivity index (χ2n) is 7.09. The van der Waals surface area contributed by atoms with E-state index in [4.69, 9.17) is 9.47 Å². The van der Waals surface area contributed by atoms with E-state index < -0.39 is 5.60 Å². The lowest BCUT2D eigenvalue weighted by atomic mass is 9.95. The molecule has 0 aromatic heterocycles. The summed E-state index contributed by atoms with van der Waals surface area (Å²) in [6.45, 7) is 7.40. The summed E-state index contributed by atoms with van der Waals surface area (Å²) < 4.78 is 11.3. The highest BCUT2D eigenvalue weighted by Gasteiger charge is 2.41. The Morgan fingerprint density at radius 3 is 2.86 bits per heavy atom. The van der Waals surface area contributed by atoms with Crippen molar-refractivity contribution >= 4 is 11.9 Å². The van der Waals surface area contributed by atoms with Gasteiger partial charge in [0.2, 0.25) is 0 Å². The molecule has 1 N–H and O–H groups in total. The van der Waals surface area contributed by atoms with E-state index in [0.717, 1.165) is 18.7 Å². The highest BCUT2D eigenvalue weighted by molar-refractivity contribution is 5.88. The first kappa shape index (κ1) is 14.6. The Bertz CT molecular complexity index is 444. The number of hydrogen-bond donors (Lipinski definition) is 1. The molecule has 21 heavy (non-hydrogen) atoms. The molecule has 3 heterocycles. The van der Waals surface area contributed by atoms with Gasteiger partial charge >= 0.3 is 6.09 Å². The molecule has 0 radical (unpaired) electrons. The summed E-state index contributed by atoms with van der Waals surface area (Å²) in [6.07, 6.45) is 3.83. The maximum atomic E-state index is 12.1. The zero-order chi connectivity index (χ0) is 15.0.